The molecule has 0 saturated carbocycles. The van der Waals surface area contributed by atoms with E-state index in [1.165, 1.54) is 19.3 Å². The lowest BCUT2D eigenvalue weighted by atomic mass is 9.96. The summed E-state index contributed by atoms with van der Waals surface area (Å²) < 4.78 is 11.2. The molecule has 1 aromatic rings. The molecule has 0 spiro atoms. The van der Waals surface area contributed by atoms with E-state index in [1.807, 2.05) is 25.1 Å². The van der Waals surface area contributed by atoms with Gasteiger partial charge < -0.3 is 19.7 Å². The maximum atomic E-state index is 5.70. The van der Waals surface area contributed by atoms with Crippen LogP contribution in [0.15, 0.2) is 29.3 Å². The Hall–Kier alpha value is -1.02. The second kappa shape index (κ2) is 13.2. The zero-order valence-electron chi connectivity index (χ0n) is 16.4. The van der Waals surface area contributed by atoms with E-state index in [9.17, 15) is 0 Å². The Morgan fingerprint density at radius 3 is 2.69 bits per heavy atom. The van der Waals surface area contributed by atoms with Crippen molar-refractivity contribution in [2.75, 3.05) is 40.0 Å². The molecule has 0 unspecified atom stereocenters. The molecule has 6 heteroatoms. The lowest BCUT2D eigenvalue weighted by molar-refractivity contribution is 0.0625. The van der Waals surface area contributed by atoms with Gasteiger partial charge in [-0.2, -0.15) is 0 Å². The summed E-state index contributed by atoms with van der Waals surface area (Å²) >= 11 is 0. The van der Waals surface area contributed by atoms with E-state index in [0.29, 0.717) is 13.2 Å². The van der Waals surface area contributed by atoms with Crippen LogP contribution < -0.4 is 10.1 Å². The Morgan fingerprint density at radius 1 is 1.27 bits per heavy atom. The van der Waals surface area contributed by atoms with Gasteiger partial charge in [0.15, 0.2) is 5.96 Å². The fourth-order valence-electron chi connectivity index (χ4n) is 3.08. The van der Waals surface area contributed by atoms with Crippen molar-refractivity contribution in [2.24, 2.45) is 10.9 Å². The number of hydrogen-bond acceptors (Lipinski definition) is 3. The number of hydrogen-bond donors (Lipinski definition) is 1. The van der Waals surface area contributed by atoms with Crippen LogP contribution in [-0.4, -0.2) is 50.8 Å². The summed E-state index contributed by atoms with van der Waals surface area (Å²) in [5.74, 6) is 2.66. The van der Waals surface area contributed by atoms with Crippen LogP contribution in [0.4, 0.5) is 0 Å². The molecule has 1 fully saturated rings. The number of benzene rings is 1. The Kier molecular flexibility index (Phi) is 11.7. The minimum atomic E-state index is 0. The smallest absolute Gasteiger partial charge is 0.193 e. The first-order valence-electron chi connectivity index (χ1n) is 9.52. The SMILES string of the molecule is CCNC(=NCc1ccccc1OCC)N(C)CCC1CCOCC1.I. The van der Waals surface area contributed by atoms with E-state index < -0.39 is 0 Å². The summed E-state index contributed by atoms with van der Waals surface area (Å²) in [6.07, 6.45) is 3.56. The number of aliphatic imine (C=N–C) groups is 1. The fraction of sp³-hybridized carbons (Fsp3) is 0.650. The van der Waals surface area contributed by atoms with Gasteiger partial charge in [-0.1, -0.05) is 18.2 Å². The van der Waals surface area contributed by atoms with Crippen LogP contribution in [0.5, 0.6) is 5.75 Å². The maximum Gasteiger partial charge on any atom is 0.193 e. The van der Waals surface area contributed by atoms with Gasteiger partial charge in [0.1, 0.15) is 5.75 Å². The third kappa shape index (κ3) is 7.70. The average molecular weight is 475 g/mol. The first-order chi connectivity index (χ1) is 12.2. The van der Waals surface area contributed by atoms with Crippen LogP contribution in [0.25, 0.3) is 0 Å². The Bertz CT molecular complexity index is 534. The van der Waals surface area contributed by atoms with Crippen LogP contribution in [0.1, 0.15) is 38.7 Å². The minimum absolute atomic E-state index is 0. The predicted octanol–water partition coefficient (Wildman–Crippen LogP) is 3.92. The highest BCUT2D eigenvalue weighted by molar-refractivity contribution is 14.0. The molecule has 1 aliphatic rings. The number of nitrogens with zero attached hydrogens (tertiary/aromatic N) is 2. The summed E-state index contributed by atoms with van der Waals surface area (Å²) in [7, 11) is 2.12. The molecule has 0 amide bonds. The highest BCUT2D eigenvalue weighted by atomic mass is 127. The molecule has 1 N–H and O–H groups in total. The molecular weight excluding hydrogens is 441 g/mol. The van der Waals surface area contributed by atoms with Gasteiger partial charge in [0.2, 0.25) is 0 Å². The topological polar surface area (TPSA) is 46.1 Å². The fourth-order valence-corrected chi connectivity index (χ4v) is 3.08. The summed E-state index contributed by atoms with van der Waals surface area (Å²) in [6, 6.07) is 8.13. The monoisotopic (exact) mass is 475 g/mol. The zero-order chi connectivity index (χ0) is 17.9. The van der Waals surface area contributed by atoms with E-state index >= 15 is 0 Å². The molecule has 0 atom stereocenters. The van der Waals surface area contributed by atoms with Gasteiger partial charge in [-0.25, -0.2) is 4.99 Å². The largest absolute Gasteiger partial charge is 0.494 e. The van der Waals surface area contributed by atoms with E-state index in [2.05, 4.69) is 30.3 Å². The van der Waals surface area contributed by atoms with Crippen molar-refractivity contribution in [3.05, 3.63) is 29.8 Å². The molecule has 0 radical (unpaired) electrons. The molecular formula is C20H34IN3O2. The number of ether oxygens (including phenoxy) is 2. The van der Waals surface area contributed by atoms with Crippen molar-refractivity contribution in [3.63, 3.8) is 0 Å². The number of rotatable bonds is 8. The van der Waals surface area contributed by atoms with Gasteiger partial charge in [-0.3, -0.25) is 0 Å². The molecule has 5 nitrogen and oxygen atoms in total. The third-order valence-electron chi connectivity index (χ3n) is 4.58. The average Bonchev–Trinajstić information content (AvgIpc) is 2.65. The Labute approximate surface area is 175 Å². The summed E-state index contributed by atoms with van der Waals surface area (Å²) in [6.45, 7) is 9.13. The van der Waals surface area contributed by atoms with Gasteiger partial charge in [-0.05, 0) is 45.1 Å². The molecule has 1 aromatic carbocycles. The van der Waals surface area contributed by atoms with Crippen LogP contribution in [0, 0.1) is 5.92 Å². The van der Waals surface area contributed by atoms with Crippen LogP contribution in [0.3, 0.4) is 0 Å². The second-order valence-corrected chi connectivity index (χ2v) is 6.48. The van der Waals surface area contributed by atoms with Gasteiger partial charge >= 0.3 is 0 Å². The molecule has 0 aromatic heterocycles. The maximum absolute atomic E-state index is 5.70. The lowest BCUT2D eigenvalue weighted by Gasteiger charge is -2.27. The molecule has 1 heterocycles. The van der Waals surface area contributed by atoms with Crippen molar-refractivity contribution in [1.82, 2.24) is 10.2 Å². The molecule has 0 aliphatic carbocycles. The molecule has 148 valence electrons. The number of nitrogens with one attached hydrogen (secondary N) is 1. The molecule has 2 rings (SSSR count). The van der Waals surface area contributed by atoms with Crippen molar-refractivity contribution in [2.45, 2.75) is 39.7 Å². The van der Waals surface area contributed by atoms with Crippen molar-refractivity contribution in [3.8, 4) is 5.75 Å². The Balaban J connectivity index is 0.00000338. The quantitative estimate of drug-likeness (QED) is 0.352. The van der Waals surface area contributed by atoms with Gasteiger partial charge in [-0.15, -0.1) is 24.0 Å². The van der Waals surface area contributed by atoms with Crippen LogP contribution in [0.2, 0.25) is 0 Å². The zero-order valence-corrected chi connectivity index (χ0v) is 18.7. The van der Waals surface area contributed by atoms with Crippen LogP contribution in [-0.2, 0) is 11.3 Å². The first kappa shape index (κ1) is 23.0. The van der Waals surface area contributed by atoms with Crippen molar-refractivity contribution in [1.29, 1.82) is 0 Å². The summed E-state index contributed by atoms with van der Waals surface area (Å²) in [5.41, 5.74) is 1.12. The van der Waals surface area contributed by atoms with Gasteiger partial charge in [0.25, 0.3) is 0 Å². The van der Waals surface area contributed by atoms with E-state index in [0.717, 1.165) is 49.5 Å². The van der Waals surface area contributed by atoms with Gasteiger partial charge in [0, 0.05) is 38.9 Å². The van der Waals surface area contributed by atoms with Crippen molar-refractivity contribution < 1.29 is 9.47 Å². The summed E-state index contributed by atoms with van der Waals surface area (Å²) in [4.78, 5) is 7.06. The third-order valence-corrected chi connectivity index (χ3v) is 4.58. The number of halogens is 1. The summed E-state index contributed by atoms with van der Waals surface area (Å²) in [5, 5.41) is 3.40. The second-order valence-electron chi connectivity index (χ2n) is 6.48. The van der Waals surface area contributed by atoms with Gasteiger partial charge in [0.05, 0.1) is 13.2 Å². The Morgan fingerprint density at radius 2 is 2.00 bits per heavy atom. The first-order valence-corrected chi connectivity index (χ1v) is 9.52. The normalized spacial score (nSPS) is 15.3. The highest BCUT2D eigenvalue weighted by Gasteiger charge is 2.15. The van der Waals surface area contributed by atoms with E-state index in [-0.39, 0.29) is 24.0 Å². The van der Waals surface area contributed by atoms with E-state index in [1.54, 1.807) is 0 Å². The molecule has 26 heavy (non-hydrogen) atoms. The molecule has 0 bridgehead atoms. The number of guanidine groups is 1. The molecule has 1 aliphatic heterocycles. The lowest BCUT2D eigenvalue weighted by Crippen LogP contribution is -2.40. The predicted molar refractivity (Wildman–Crippen MR) is 119 cm³/mol. The highest BCUT2D eigenvalue weighted by Crippen LogP contribution is 2.20. The van der Waals surface area contributed by atoms with Crippen LogP contribution >= 0.6 is 24.0 Å². The van der Waals surface area contributed by atoms with Crippen molar-refractivity contribution >= 4 is 29.9 Å². The van der Waals surface area contributed by atoms with E-state index in [4.69, 9.17) is 14.5 Å². The number of para-hydroxylation sites is 1. The minimum Gasteiger partial charge on any atom is -0.494 e. The molecule has 1 saturated heterocycles. The standard InChI is InChI=1S/C20H33N3O2.HI/c1-4-21-20(23(3)13-10-17-11-14-24-15-12-17)22-16-18-8-6-7-9-19(18)25-5-2;/h6-9,17H,4-5,10-16H2,1-3H3,(H,21,22);1H.